The van der Waals surface area contributed by atoms with Crippen LogP contribution >= 0.6 is 11.6 Å². The molecule has 0 aliphatic carbocycles. The first-order chi connectivity index (χ1) is 10.5. The average Bonchev–Trinajstić information content (AvgIpc) is 2.51. The number of likely N-dealkylation sites (tertiary alicyclic amines) is 1. The number of β-amino-alcohol motifs (C(OH)–C–C–N with tert-alkyl or cyclic N) is 1. The monoisotopic (exact) mass is 329 g/mol. The first-order valence-corrected chi connectivity index (χ1v) is 8.00. The van der Waals surface area contributed by atoms with Gasteiger partial charge in [-0.2, -0.15) is 0 Å². The van der Waals surface area contributed by atoms with E-state index in [1.165, 1.54) is 0 Å². The zero-order chi connectivity index (χ0) is 16.1. The molecule has 0 aromatic heterocycles. The molecule has 2 rings (SSSR count). The van der Waals surface area contributed by atoms with Gasteiger partial charge in [0.2, 0.25) is 0 Å². The van der Waals surface area contributed by atoms with Crippen LogP contribution in [-0.2, 0) is 6.54 Å². The Labute approximate surface area is 136 Å². The quantitative estimate of drug-likeness (QED) is 0.836. The number of nitrogens with zero attached hydrogens (tertiary/aromatic N) is 1. The fourth-order valence-corrected chi connectivity index (χ4v) is 2.77. The van der Waals surface area contributed by atoms with Crippen molar-refractivity contribution in [3.63, 3.8) is 0 Å². The zero-order valence-corrected chi connectivity index (χ0v) is 13.8. The van der Waals surface area contributed by atoms with Crippen LogP contribution in [0.5, 0.6) is 11.5 Å². The minimum Gasteiger partial charge on any atom is -0.493 e. The molecule has 5 nitrogen and oxygen atoms in total. The number of ether oxygens (including phenoxy) is 2. The molecule has 0 unspecified atom stereocenters. The van der Waals surface area contributed by atoms with Crippen molar-refractivity contribution in [1.29, 1.82) is 0 Å². The zero-order valence-electron chi connectivity index (χ0n) is 13.1. The van der Waals surface area contributed by atoms with Gasteiger partial charge in [0, 0.05) is 30.7 Å². The highest BCUT2D eigenvalue weighted by Gasteiger charge is 2.26. The first kappa shape index (κ1) is 17.3. The summed E-state index contributed by atoms with van der Waals surface area (Å²) in [6, 6.07) is 3.66. The molecule has 22 heavy (non-hydrogen) atoms. The third-order valence-electron chi connectivity index (χ3n) is 3.82. The highest BCUT2D eigenvalue weighted by Crippen LogP contribution is 2.34. The third-order valence-corrected chi connectivity index (χ3v) is 4.17. The van der Waals surface area contributed by atoms with E-state index in [0.29, 0.717) is 42.6 Å². The molecule has 2 atom stereocenters. The van der Waals surface area contributed by atoms with Crippen LogP contribution in [0.1, 0.15) is 25.3 Å². The maximum atomic E-state index is 9.77. The summed E-state index contributed by atoms with van der Waals surface area (Å²) >= 11 is 6.35. The van der Waals surface area contributed by atoms with E-state index < -0.39 is 12.2 Å². The molecular formula is C16H24ClNO4. The number of methoxy groups -OCH3 is 1. The molecule has 2 N–H and O–H groups in total. The molecule has 1 saturated heterocycles. The molecular weight excluding hydrogens is 306 g/mol. The summed E-state index contributed by atoms with van der Waals surface area (Å²) in [7, 11) is 1.60. The van der Waals surface area contributed by atoms with E-state index in [2.05, 4.69) is 4.90 Å². The van der Waals surface area contributed by atoms with Crippen molar-refractivity contribution < 1.29 is 19.7 Å². The van der Waals surface area contributed by atoms with E-state index in [4.69, 9.17) is 21.1 Å². The van der Waals surface area contributed by atoms with E-state index in [1.807, 2.05) is 13.0 Å². The molecule has 0 saturated carbocycles. The van der Waals surface area contributed by atoms with Crippen LogP contribution < -0.4 is 9.47 Å². The van der Waals surface area contributed by atoms with Crippen LogP contribution in [0.2, 0.25) is 5.02 Å². The predicted octanol–water partition coefficient (Wildman–Crippen LogP) is 2.06. The molecule has 0 spiro atoms. The van der Waals surface area contributed by atoms with E-state index in [9.17, 15) is 10.2 Å². The van der Waals surface area contributed by atoms with E-state index in [1.54, 1.807) is 13.2 Å². The van der Waals surface area contributed by atoms with Gasteiger partial charge in [0.15, 0.2) is 11.5 Å². The molecule has 0 amide bonds. The van der Waals surface area contributed by atoms with Gasteiger partial charge in [0.1, 0.15) is 0 Å². The van der Waals surface area contributed by atoms with Crippen LogP contribution in [0.4, 0.5) is 0 Å². The van der Waals surface area contributed by atoms with Crippen molar-refractivity contribution in [2.75, 3.05) is 26.8 Å². The highest BCUT2D eigenvalue weighted by molar-refractivity contribution is 6.31. The number of aliphatic hydroxyl groups excluding tert-OH is 2. The fraction of sp³-hybridized carbons (Fsp3) is 0.625. The second-order valence-corrected chi connectivity index (χ2v) is 6.01. The summed E-state index contributed by atoms with van der Waals surface area (Å²) in [5.41, 5.74) is 0.922. The molecule has 1 aliphatic heterocycles. The van der Waals surface area contributed by atoms with Gasteiger partial charge in [-0.05, 0) is 24.5 Å². The lowest BCUT2D eigenvalue weighted by Gasteiger charge is -2.33. The maximum absolute atomic E-state index is 9.77. The summed E-state index contributed by atoms with van der Waals surface area (Å²) in [6.07, 6.45) is 0.136. The Morgan fingerprint density at radius 2 is 2.05 bits per heavy atom. The van der Waals surface area contributed by atoms with Crippen molar-refractivity contribution in [2.45, 2.75) is 38.5 Å². The predicted molar refractivity (Wildman–Crippen MR) is 85.7 cm³/mol. The van der Waals surface area contributed by atoms with Gasteiger partial charge in [-0.1, -0.05) is 18.5 Å². The number of hydrogen-bond donors (Lipinski definition) is 2. The minimum absolute atomic E-state index is 0.438. The topological polar surface area (TPSA) is 62.2 Å². The molecule has 1 aromatic carbocycles. The molecule has 1 aromatic rings. The maximum Gasteiger partial charge on any atom is 0.162 e. The summed E-state index contributed by atoms with van der Waals surface area (Å²) < 4.78 is 11.0. The number of halogens is 1. The van der Waals surface area contributed by atoms with Crippen molar-refractivity contribution in [3.05, 3.63) is 22.7 Å². The number of hydrogen-bond acceptors (Lipinski definition) is 5. The van der Waals surface area contributed by atoms with Crippen LogP contribution in [0.3, 0.4) is 0 Å². The standard InChI is InChI=1S/C16H24ClNO4/c1-3-6-22-16-8-12(17)11(7-15(16)21-2)9-18-5-4-13(19)14(20)10-18/h7-8,13-14,19-20H,3-6,9-10H2,1-2H3/t13-,14-/m0/s1. The van der Waals surface area contributed by atoms with Crippen LogP contribution in [0.25, 0.3) is 0 Å². The van der Waals surface area contributed by atoms with E-state index in [-0.39, 0.29) is 0 Å². The summed E-state index contributed by atoms with van der Waals surface area (Å²) in [4.78, 5) is 2.07. The van der Waals surface area contributed by atoms with Crippen molar-refractivity contribution in [2.24, 2.45) is 0 Å². The molecule has 0 bridgehead atoms. The normalized spacial score (nSPS) is 22.6. The lowest BCUT2D eigenvalue weighted by Crippen LogP contribution is -2.46. The summed E-state index contributed by atoms with van der Waals surface area (Å²) in [5.74, 6) is 1.30. The Morgan fingerprint density at radius 1 is 1.27 bits per heavy atom. The molecule has 0 radical (unpaired) electrons. The molecule has 1 heterocycles. The van der Waals surface area contributed by atoms with Gasteiger partial charge in [0.05, 0.1) is 25.9 Å². The largest absolute Gasteiger partial charge is 0.493 e. The van der Waals surface area contributed by atoms with Crippen LogP contribution in [0, 0.1) is 0 Å². The lowest BCUT2D eigenvalue weighted by molar-refractivity contribution is -0.0403. The van der Waals surface area contributed by atoms with Crippen LogP contribution in [0.15, 0.2) is 12.1 Å². The highest BCUT2D eigenvalue weighted by atomic mass is 35.5. The van der Waals surface area contributed by atoms with Crippen LogP contribution in [-0.4, -0.2) is 54.1 Å². The third kappa shape index (κ3) is 4.26. The Balaban J connectivity index is 2.10. The lowest BCUT2D eigenvalue weighted by atomic mass is 10.0. The van der Waals surface area contributed by atoms with Gasteiger partial charge < -0.3 is 19.7 Å². The molecule has 124 valence electrons. The fourth-order valence-electron chi connectivity index (χ4n) is 2.55. The van der Waals surface area contributed by atoms with Gasteiger partial charge in [-0.15, -0.1) is 0 Å². The summed E-state index contributed by atoms with van der Waals surface area (Å²) in [6.45, 7) is 4.42. The van der Waals surface area contributed by atoms with Crippen molar-refractivity contribution in [3.8, 4) is 11.5 Å². The van der Waals surface area contributed by atoms with Gasteiger partial charge >= 0.3 is 0 Å². The Hall–Kier alpha value is -1.01. The molecule has 1 aliphatic rings. The van der Waals surface area contributed by atoms with E-state index >= 15 is 0 Å². The Kier molecular flexibility index (Phi) is 6.32. The SMILES string of the molecule is CCCOc1cc(Cl)c(CN2CC[C@H](O)[C@@H](O)C2)cc1OC. The average molecular weight is 330 g/mol. The smallest absolute Gasteiger partial charge is 0.162 e. The second kappa shape index (κ2) is 8.02. The van der Waals surface area contributed by atoms with Crippen molar-refractivity contribution >= 4 is 11.6 Å². The number of rotatable bonds is 6. The summed E-state index contributed by atoms with van der Waals surface area (Å²) in [5, 5.41) is 20.0. The first-order valence-electron chi connectivity index (χ1n) is 7.62. The Morgan fingerprint density at radius 3 is 2.68 bits per heavy atom. The molecule has 6 heteroatoms. The van der Waals surface area contributed by atoms with Gasteiger partial charge in [0.25, 0.3) is 0 Å². The van der Waals surface area contributed by atoms with Crippen molar-refractivity contribution in [1.82, 2.24) is 4.90 Å². The number of benzene rings is 1. The molecule has 1 fully saturated rings. The minimum atomic E-state index is -0.707. The second-order valence-electron chi connectivity index (χ2n) is 5.60. The van der Waals surface area contributed by atoms with Gasteiger partial charge in [-0.25, -0.2) is 0 Å². The van der Waals surface area contributed by atoms with E-state index in [0.717, 1.165) is 18.5 Å². The Bertz CT molecular complexity index is 497. The number of piperidine rings is 1. The number of aliphatic hydroxyl groups is 2. The van der Waals surface area contributed by atoms with Gasteiger partial charge in [-0.3, -0.25) is 4.90 Å².